The molecule has 0 aliphatic rings. The first-order valence-electron chi connectivity index (χ1n) is 6.56. The summed E-state index contributed by atoms with van der Waals surface area (Å²) in [6, 6.07) is 15.9. The van der Waals surface area contributed by atoms with Crippen LogP contribution in [0.25, 0.3) is 0 Å². The number of anilines is 1. The average Bonchev–Trinajstić information content (AvgIpc) is 2.50. The zero-order valence-corrected chi connectivity index (χ0v) is 12.4. The molecule has 0 atom stereocenters. The van der Waals surface area contributed by atoms with Crippen molar-refractivity contribution in [1.29, 1.82) is 0 Å². The van der Waals surface area contributed by atoms with Crippen molar-refractivity contribution in [2.45, 2.75) is 6.42 Å². The molecule has 0 aliphatic carbocycles. The molecule has 2 rings (SSSR count). The zero-order valence-electron chi connectivity index (χ0n) is 11.6. The molecule has 0 aliphatic heterocycles. The van der Waals surface area contributed by atoms with Gasteiger partial charge >= 0.3 is 0 Å². The van der Waals surface area contributed by atoms with Gasteiger partial charge in [-0.15, -0.1) is 0 Å². The highest BCUT2D eigenvalue weighted by Crippen LogP contribution is 2.08. The lowest BCUT2D eigenvalue weighted by molar-refractivity contribution is -0.126. The van der Waals surface area contributed by atoms with Crippen LogP contribution < -0.4 is 10.7 Å². The fourth-order valence-electron chi connectivity index (χ4n) is 1.64. The molecule has 0 fully saturated rings. The van der Waals surface area contributed by atoms with E-state index < -0.39 is 11.8 Å². The van der Waals surface area contributed by atoms with Gasteiger partial charge in [0.25, 0.3) is 0 Å². The van der Waals surface area contributed by atoms with Gasteiger partial charge in [0.1, 0.15) is 6.42 Å². The first kappa shape index (κ1) is 15.7. The summed E-state index contributed by atoms with van der Waals surface area (Å²) in [6.45, 7) is 0. The van der Waals surface area contributed by atoms with Gasteiger partial charge in [0.15, 0.2) is 0 Å². The van der Waals surface area contributed by atoms with Crippen LogP contribution in [0.1, 0.15) is 12.0 Å². The lowest BCUT2D eigenvalue weighted by atomic mass is 10.2. The van der Waals surface area contributed by atoms with Crippen LogP contribution in [0.5, 0.6) is 0 Å². The number of amides is 2. The van der Waals surface area contributed by atoms with E-state index in [0.29, 0.717) is 10.7 Å². The molecule has 0 aromatic heterocycles. The van der Waals surface area contributed by atoms with Crippen molar-refractivity contribution in [3.63, 3.8) is 0 Å². The minimum absolute atomic E-state index is 0.299. The van der Waals surface area contributed by atoms with Gasteiger partial charge in [0.05, 0.1) is 6.21 Å². The number of para-hydroxylation sites is 1. The van der Waals surface area contributed by atoms with Crippen LogP contribution in [0, 0.1) is 0 Å². The van der Waals surface area contributed by atoms with E-state index in [2.05, 4.69) is 15.8 Å². The third-order valence-electron chi connectivity index (χ3n) is 2.65. The number of hydrogen-bond acceptors (Lipinski definition) is 3. The average molecular weight is 316 g/mol. The summed E-state index contributed by atoms with van der Waals surface area (Å²) >= 11 is 5.76. The maximum atomic E-state index is 11.7. The molecule has 5 nitrogen and oxygen atoms in total. The van der Waals surface area contributed by atoms with E-state index in [1.807, 2.05) is 6.07 Å². The predicted octanol–water partition coefficient (Wildman–Crippen LogP) is 2.82. The molecular weight excluding hydrogens is 302 g/mol. The van der Waals surface area contributed by atoms with Crippen LogP contribution in [0.15, 0.2) is 59.7 Å². The Morgan fingerprint density at radius 2 is 1.68 bits per heavy atom. The topological polar surface area (TPSA) is 70.6 Å². The summed E-state index contributed by atoms with van der Waals surface area (Å²) in [5.74, 6) is -0.885. The molecule has 0 saturated carbocycles. The van der Waals surface area contributed by atoms with E-state index in [0.717, 1.165) is 5.56 Å². The van der Waals surface area contributed by atoms with Crippen molar-refractivity contribution in [2.75, 3.05) is 5.32 Å². The minimum atomic E-state index is -0.487. The van der Waals surface area contributed by atoms with Crippen LogP contribution in [-0.2, 0) is 9.59 Å². The van der Waals surface area contributed by atoms with Crippen molar-refractivity contribution in [3.05, 3.63) is 65.2 Å². The quantitative estimate of drug-likeness (QED) is 0.506. The van der Waals surface area contributed by atoms with E-state index in [4.69, 9.17) is 11.6 Å². The van der Waals surface area contributed by atoms with E-state index >= 15 is 0 Å². The Balaban J connectivity index is 1.78. The number of hydrazone groups is 1. The van der Waals surface area contributed by atoms with Gasteiger partial charge in [-0.2, -0.15) is 5.10 Å². The molecule has 6 heteroatoms. The van der Waals surface area contributed by atoms with Gasteiger partial charge in [-0.3, -0.25) is 9.59 Å². The van der Waals surface area contributed by atoms with Gasteiger partial charge in [0, 0.05) is 10.7 Å². The summed E-state index contributed by atoms with van der Waals surface area (Å²) in [5, 5.41) is 7.03. The largest absolute Gasteiger partial charge is 0.326 e. The second-order valence-electron chi connectivity index (χ2n) is 4.44. The van der Waals surface area contributed by atoms with Crippen molar-refractivity contribution < 1.29 is 9.59 Å². The monoisotopic (exact) mass is 315 g/mol. The van der Waals surface area contributed by atoms with Crippen molar-refractivity contribution in [1.82, 2.24) is 5.43 Å². The second kappa shape index (κ2) is 7.95. The number of rotatable bonds is 5. The van der Waals surface area contributed by atoms with E-state index in [1.54, 1.807) is 48.5 Å². The molecule has 0 spiro atoms. The number of benzene rings is 2. The maximum absolute atomic E-state index is 11.7. The number of nitrogens with zero attached hydrogens (tertiary/aromatic N) is 1. The summed E-state index contributed by atoms with van der Waals surface area (Å²) in [6.07, 6.45) is 1.18. The van der Waals surface area contributed by atoms with Crippen LogP contribution >= 0.6 is 11.6 Å². The van der Waals surface area contributed by atoms with Crippen LogP contribution in [0.2, 0.25) is 5.02 Å². The number of carbonyl (C=O) groups is 2. The van der Waals surface area contributed by atoms with Crippen LogP contribution in [0.3, 0.4) is 0 Å². The predicted molar refractivity (Wildman–Crippen MR) is 86.9 cm³/mol. The highest BCUT2D eigenvalue weighted by Gasteiger charge is 2.08. The lowest BCUT2D eigenvalue weighted by Crippen LogP contribution is -2.24. The van der Waals surface area contributed by atoms with Gasteiger partial charge < -0.3 is 5.32 Å². The molecule has 2 amide bonds. The molecule has 2 aromatic carbocycles. The van der Waals surface area contributed by atoms with Gasteiger partial charge in [0.2, 0.25) is 11.8 Å². The highest BCUT2D eigenvalue weighted by atomic mass is 35.5. The Labute approximate surface area is 133 Å². The van der Waals surface area contributed by atoms with Crippen LogP contribution in [0.4, 0.5) is 5.69 Å². The van der Waals surface area contributed by atoms with E-state index in [-0.39, 0.29) is 6.42 Å². The Kier molecular flexibility index (Phi) is 5.68. The van der Waals surface area contributed by atoms with E-state index in [1.165, 1.54) is 6.21 Å². The molecule has 2 aromatic rings. The second-order valence-corrected chi connectivity index (χ2v) is 4.87. The Morgan fingerprint density at radius 3 is 2.36 bits per heavy atom. The standard InChI is InChI=1S/C16H14ClN3O2/c17-13-8-6-12(7-9-13)11-18-20-16(22)10-15(21)19-14-4-2-1-3-5-14/h1-9,11H,10H2,(H,19,21)(H,20,22). The van der Waals surface area contributed by atoms with Crippen molar-refractivity contribution >= 4 is 35.3 Å². The number of halogens is 1. The van der Waals surface area contributed by atoms with Crippen LogP contribution in [-0.4, -0.2) is 18.0 Å². The van der Waals surface area contributed by atoms with Gasteiger partial charge in [-0.1, -0.05) is 41.9 Å². The smallest absolute Gasteiger partial charge is 0.249 e. The Hall–Kier alpha value is -2.66. The third-order valence-corrected chi connectivity index (χ3v) is 2.90. The van der Waals surface area contributed by atoms with Gasteiger partial charge in [-0.05, 0) is 29.8 Å². The fraction of sp³-hybridized carbons (Fsp3) is 0.0625. The molecule has 0 radical (unpaired) electrons. The molecular formula is C16H14ClN3O2. The molecule has 2 N–H and O–H groups in total. The Bertz CT molecular complexity index is 670. The normalized spacial score (nSPS) is 10.4. The fourth-order valence-corrected chi connectivity index (χ4v) is 1.77. The molecule has 22 heavy (non-hydrogen) atoms. The number of nitrogens with one attached hydrogen (secondary N) is 2. The van der Waals surface area contributed by atoms with Gasteiger partial charge in [-0.25, -0.2) is 5.43 Å². The molecule has 0 heterocycles. The van der Waals surface area contributed by atoms with E-state index in [9.17, 15) is 9.59 Å². The summed E-state index contributed by atoms with van der Waals surface area (Å²) < 4.78 is 0. The lowest BCUT2D eigenvalue weighted by Gasteiger charge is -2.03. The maximum Gasteiger partial charge on any atom is 0.249 e. The molecule has 0 saturated heterocycles. The first-order chi connectivity index (χ1) is 10.6. The zero-order chi connectivity index (χ0) is 15.8. The molecule has 0 bridgehead atoms. The van der Waals surface area contributed by atoms with Crippen molar-refractivity contribution in [3.8, 4) is 0 Å². The summed E-state index contributed by atoms with van der Waals surface area (Å²) in [4.78, 5) is 23.2. The Morgan fingerprint density at radius 1 is 1.00 bits per heavy atom. The first-order valence-corrected chi connectivity index (χ1v) is 6.93. The summed E-state index contributed by atoms with van der Waals surface area (Å²) in [7, 11) is 0. The SMILES string of the molecule is O=C(CC(=O)Nc1ccccc1)NN=Cc1ccc(Cl)cc1. The number of hydrogen-bond donors (Lipinski definition) is 2. The minimum Gasteiger partial charge on any atom is -0.326 e. The number of carbonyl (C=O) groups excluding carboxylic acids is 2. The third kappa shape index (κ3) is 5.38. The highest BCUT2D eigenvalue weighted by molar-refractivity contribution is 6.30. The molecule has 112 valence electrons. The summed E-state index contributed by atoms with van der Waals surface area (Å²) in [5.41, 5.74) is 3.73. The molecule has 0 unspecified atom stereocenters. The van der Waals surface area contributed by atoms with Crippen molar-refractivity contribution in [2.24, 2.45) is 5.10 Å².